The number of halogens is 1. The van der Waals surface area contributed by atoms with Crippen molar-refractivity contribution in [1.82, 2.24) is 14.9 Å². The number of carbonyl (C=O) groups excluding carboxylic acids is 1. The Bertz CT molecular complexity index is 1390. The summed E-state index contributed by atoms with van der Waals surface area (Å²) in [4.78, 5) is 32.9. The second-order valence-electron chi connectivity index (χ2n) is 8.49. The van der Waals surface area contributed by atoms with Crippen LogP contribution in [0.3, 0.4) is 0 Å². The molecule has 0 saturated carbocycles. The smallest absolute Gasteiger partial charge is 0.277 e. The van der Waals surface area contributed by atoms with Gasteiger partial charge in [-0.3, -0.25) is 9.59 Å². The highest BCUT2D eigenvalue weighted by Crippen LogP contribution is 2.26. The Balaban J connectivity index is 1.31. The molecule has 0 spiro atoms. The molecule has 1 saturated heterocycles. The minimum absolute atomic E-state index is 0.0256. The summed E-state index contributed by atoms with van der Waals surface area (Å²) in [6.07, 6.45) is 1.30. The van der Waals surface area contributed by atoms with Gasteiger partial charge in [0.2, 0.25) is 11.9 Å². The van der Waals surface area contributed by atoms with Crippen molar-refractivity contribution in [2.45, 2.75) is 19.4 Å². The Morgan fingerprint density at radius 3 is 2.51 bits per heavy atom. The van der Waals surface area contributed by atoms with Crippen LogP contribution >= 0.6 is 11.3 Å². The molecule has 0 bridgehead atoms. The van der Waals surface area contributed by atoms with Crippen LogP contribution in [0.5, 0.6) is 5.75 Å². The first kappa shape index (κ1) is 23.0. The molecule has 2 aromatic heterocycles. The number of hydrogen-bond donors (Lipinski definition) is 1. The molecule has 2 aromatic carbocycles. The van der Waals surface area contributed by atoms with E-state index in [-0.39, 0.29) is 23.2 Å². The zero-order valence-electron chi connectivity index (χ0n) is 19.2. The molecular weight excluding hydrogens is 467 g/mol. The summed E-state index contributed by atoms with van der Waals surface area (Å²) in [6.45, 7) is 1.64. The van der Waals surface area contributed by atoms with Crippen molar-refractivity contribution in [3.8, 4) is 11.4 Å². The highest BCUT2D eigenvalue weighted by Gasteiger charge is 2.28. The van der Waals surface area contributed by atoms with E-state index in [0.29, 0.717) is 54.3 Å². The maximum Gasteiger partial charge on any atom is 0.277 e. The van der Waals surface area contributed by atoms with Gasteiger partial charge in [-0.05, 0) is 66.2 Å². The molecule has 4 aromatic rings. The number of amides is 1. The highest BCUT2D eigenvalue weighted by molar-refractivity contribution is 7.17. The van der Waals surface area contributed by atoms with Crippen molar-refractivity contribution < 1.29 is 13.9 Å². The first-order chi connectivity index (χ1) is 17.0. The molecule has 35 heavy (non-hydrogen) atoms. The summed E-state index contributed by atoms with van der Waals surface area (Å²) < 4.78 is 20.8. The number of benzene rings is 2. The van der Waals surface area contributed by atoms with Crippen molar-refractivity contribution in [3.05, 3.63) is 81.7 Å². The second kappa shape index (κ2) is 9.87. The van der Waals surface area contributed by atoms with Crippen LogP contribution in [-0.2, 0) is 11.3 Å². The molecule has 1 aliphatic heterocycles. The van der Waals surface area contributed by atoms with Gasteiger partial charge in [-0.25, -0.2) is 13.9 Å². The predicted octanol–water partition coefficient (Wildman–Crippen LogP) is 4.13. The lowest BCUT2D eigenvalue weighted by Crippen LogP contribution is -2.42. The van der Waals surface area contributed by atoms with Gasteiger partial charge < -0.3 is 15.0 Å². The number of aromatic nitrogens is 2. The van der Waals surface area contributed by atoms with Gasteiger partial charge in [-0.1, -0.05) is 12.1 Å². The van der Waals surface area contributed by atoms with Gasteiger partial charge in [0.25, 0.3) is 5.56 Å². The number of thiophene rings is 1. The summed E-state index contributed by atoms with van der Waals surface area (Å²) in [5, 5.41) is 4.87. The molecule has 0 radical (unpaired) electrons. The minimum atomic E-state index is -0.366. The molecule has 1 fully saturated rings. The van der Waals surface area contributed by atoms with Crippen molar-refractivity contribution in [3.63, 3.8) is 0 Å². The summed E-state index contributed by atoms with van der Waals surface area (Å²) in [5.74, 6) is 0.846. The third-order valence-corrected chi connectivity index (χ3v) is 7.21. The maximum atomic E-state index is 13.5. The van der Waals surface area contributed by atoms with E-state index in [9.17, 15) is 14.0 Å². The molecular formula is C26H25FN4O3S. The molecule has 180 valence electrons. The molecule has 0 unspecified atom stereocenters. The van der Waals surface area contributed by atoms with Crippen molar-refractivity contribution in [1.29, 1.82) is 0 Å². The lowest BCUT2D eigenvalue weighted by atomic mass is 9.96. The molecule has 3 heterocycles. The maximum absolute atomic E-state index is 13.5. The molecule has 7 nitrogen and oxygen atoms in total. The van der Waals surface area contributed by atoms with Gasteiger partial charge in [0.1, 0.15) is 16.3 Å². The Labute approximate surface area is 205 Å². The fraction of sp³-hybridized carbons (Fsp3) is 0.269. The Morgan fingerprint density at radius 1 is 1.11 bits per heavy atom. The average molecular weight is 493 g/mol. The number of hydrogen-bond acceptors (Lipinski definition) is 6. The van der Waals surface area contributed by atoms with Crippen LogP contribution in [0.15, 0.2) is 64.8 Å². The van der Waals surface area contributed by atoms with E-state index in [1.807, 2.05) is 40.6 Å². The lowest BCUT2D eigenvalue weighted by molar-refractivity contribution is -0.125. The summed E-state index contributed by atoms with van der Waals surface area (Å²) in [5.41, 5.74) is 2.04. The number of piperidine rings is 1. The number of rotatable bonds is 6. The van der Waals surface area contributed by atoms with Crippen LogP contribution in [0.2, 0.25) is 0 Å². The van der Waals surface area contributed by atoms with E-state index >= 15 is 0 Å². The molecule has 5 rings (SSSR count). The molecule has 9 heteroatoms. The van der Waals surface area contributed by atoms with E-state index < -0.39 is 0 Å². The first-order valence-electron chi connectivity index (χ1n) is 11.5. The minimum Gasteiger partial charge on any atom is -0.497 e. The van der Waals surface area contributed by atoms with Crippen LogP contribution in [0, 0.1) is 11.7 Å². The van der Waals surface area contributed by atoms with Gasteiger partial charge in [-0.15, -0.1) is 11.3 Å². The largest absolute Gasteiger partial charge is 0.497 e. The summed E-state index contributed by atoms with van der Waals surface area (Å²) >= 11 is 1.34. The van der Waals surface area contributed by atoms with Crippen LogP contribution < -0.4 is 20.5 Å². The van der Waals surface area contributed by atoms with Crippen molar-refractivity contribution in [2.24, 2.45) is 5.92 Å². The SMILES string of the molecule is COc1ccc(CNC(=O)C2CCN(c3nc4ccsc4c(=O)n3-c3ccc(F)cc3)CC2)cc1. The van der Waals surface area contributed by atoms with E-state index in [1.165, 1.54) is 23.5 Å². The number of ether oxygens (including phenoxy) is 1. The Kier molecular flexibility index (Phi) is 6.50. The van der Waals surface area contributed by atoms with E-state index in [4.69, 9.17) is 9.72 Å². The zero-order chi connectivity index (χ0) is 24.4. The third-order valence-electron chi connectivity index (χ3n) is 6.32. The van der Waals surface area contributed by atoms with Crippen LogP contribution in [0.1, 0.15) is 18.4 Å². The highest BCUT2D eigenvalue weighted by atomic mass is 32.1. The normalized spacial score (nSPS) is 14.3. The van der Waals surface area contributed by atoms with Gasteiger partial charge >= 0.3 is 0 Å². The van der Waals surface area contributed by atoms with Gasteiger partial charge in [0.05, 0.1) is 18.3 Å². The Morgan fingerprint density at radius 2 is 1.83 bits per heavy atom. The lowest BCUT2D eigenvalue weighted by Gasteiger charge is -2.33. The number of nitrogens with one attached hydrogen (secondary N) is 1. The molecule has 1 amide bonds. The van der Waals surface area contributed by atoms with Crippen LogP contribution in [0.4, 0.5) is 10.3 Å². The van der Waals surface area contributed by atoms with Crippen LogP contribution in [0.25, 0.3) is 15.9 Å². The number of carbonyl (C=O) groups is 1. The summed E-state index contributed by atoms with van der Waals surface area (Å²) in [7, 11) is 1.62. The summed E-state index contributed by atoms with van der Waals surface area (Å²) in [6, 6.07) is 15.3. The van der Waals surface area contributed by atoms with Gasteiger partial charge in [-0.2, -0.15) is 0 Å². The number of methoxy groups -OCH3 is 1. The monoisotopic (exact) mass is 492 g/mol. The van der Waals surface area contributed by atoms with E-state index in [2.05, 4.69) is 5.32 Å². The molecule has 0 aliphatic carbocycles. The van der Waals surface area contributed by atoms with E-state index in [0.717, 1.165) is 11.3 Å². The standard InChI is InChI=1S/C26H25FN4O3S/c1-34-21-8-2-17(3-9-21)16-28-24(32)18-10-13-30(14-11-18)26-29-22-12-15-35-23(22)25(33)31(26)20-6-4-19(27)5-7-20/h2-9,12,15,18H,10-11,13-14,16H2,1H3,(H,28,32). The topological polar surface area (TPSA) is 76.5 Å². The Hall–Kier alpha value is -3.72. The van der Waals surface area contributed by atoms with Crippen molar-refractivity contribution >= 4 is 33.4 Å². The quantitative estimate of drug-likeness (QED) is 0.438. The number of nitrogens with zero attached hydrogens (tertiary/aromatic N) is 3. The number of fused-ring (bicyclic) bond motifs is 1. The fourth-order valence-electron chi connectivity index (χ4n) is 4.35. The van der Waals surface area contributed by atoms with Crippen molar-refractivity contribution in [2.75, 3.05) is 25.1 Å². The fourth-order valence-corrected chi connectivity index (χ4v) is 5.11. The van der Waals surface area contributed by atoms with Crippen LogP contribution in [-0.4, -0.2) is 35.7 Å². The molecule has 0 atom stereocenters. The molecule has 1 aliphatic rings. The van der Waals surface area contributed by atoms with Gasteiger partial charge in [0, 0.05) is 25.6 Å². The number of anilines is 1. The third kappa shape index (κ3) is 4.77. The van der Waals surface area contributed by atoms with Gasteiger partial charge in [0.15, 0.2) is 0 Å². The first-order valence-corrected chi connectivity index (χ1v) is 12.3. The van der Waals surface area contributed by atoms with E-state index in [1.54, 1.807) is 23.8 Å². The zero-order valence-corrected chi connectivity index (χ0v) is 20.1. The predicted molar refractivity (Wildman–Crippen MR) is 135 cm³/mol. The average Bonchev–Trinajstić information content (AvgIpc) is 3.38. The molecule has 1 N–H and O–H groups in total. The second-order valence-corrected chi connectivity index (χ2v) is 9.41.